The Labute approximate surface area is 101 Å². The largest absolute Gasteiger partial charge is 0.511 e. The van der Waals surface area contributed by atoms with Crippen LogP contribution in [0.1, 0.15) is 34.6 Å². The maximum Gasteiger partial charge on any atom is 0.179 e. The predicted molar refractivity (Wildman–Crippen MR) is 62.5 cm³/mol. The molecule has 0 aromatic carbocycles. The van der Waals surface area contributed by atoms with Crippen molar-refractivity contribution in [3.05, 3.63) is 11.3 Å². The van der Waals surface area contributed by atoms with E-state index >= 15 is 0 Å². The van der Waals surface area contributed by atoms with E-state index in [1.54, 1.807) is 13.8 Å². The van der Waals surface area contributed by atoms with Crippen LogP contribution in [0.2, 0.25) is 0 Å². The average Bonchev–Trinajstić information content (AvgIpc) is 2.24. The summed E-state index contributed by atoms with van der Waals surface area (Å²) < 4.78 is 0. The first kappa shape index (κ1) is 13.6. The molecule has 0 aliphatic heterocycles. The molecule has 0 aromatic heterocycles. The molecule has 1 rings (SSSR count). The molecule has 0 saturated carbocycles. The quantitative estimate of drug-likeness (QED) is 0.745. The molecule has 0 heterocycles. The first-order valence-corrected chi connectivity index (χ1v) is 5.65. The van der Waals surface area contributed by atoms with Crippen LogP contribution in [-0.4, -0.2) is 22.5 Å². The van der Waals surface area contributed by atoms with E-state index in [2.05, 4.69) is 0 Å². The van der Waals surface area contributed by atoms with Crippen LogP contribution >= 0.6 is 0 Å². The third-order valence-corrected chi connectivity index (χ3v) is 3.31. The van der Waals surface area contributed by atoms with Crippen molar-refractivity contribution in [2.24, 2.45) is 17.3 Å². The normalized spacial score (nSPS) is 24.5. The molecule has 1 N–H and O–H groups in total. The molecule has 0 saturated heterocycles. The van der Waals surface area contributed by atoms with Gasteiger partial charge in [0.15, 0.2) is 17.3 Å². The third-order valence-electron chi connectivity index (χ3n) is 3.31. The molecule has 0 spiro atoms. The zero-order chi connectivity index (χ0) is 13.5. The van der Waals surface area contributed by atoms with Gasteiger partial charge in [-0.25, -0.2) is 0 Å². The van der Waals surface area contributed by atoms with Crippen molar-refractivity contribution in [2.45, 2.75) is 34.6 Å². The van der Waals surface area contributed by atoms with Crippen LogP contribution in [-0.2, 0) is 14.4 Å². The van der Waals surface area contributed by atoms with Crippen molar-refractivity contribution in [3.63, 3.8) is 0 Å². The fourth-order valence-corrected chi connectivity index (χ4v) is 1.99. The number of carbonyl (C=O) groups is 3. The molecule has 0 radical (unpaired) electrons. The Morgan fingerprint density at radius 3 is 2.18 bits per heavy atom. The minimum Gasteiger partial charge on any atom is -0.511 e. The van der Waals surface area contributed by atoms with Gasteiger partial charge in [-0.1, -0.05) is 13.8 Å². The summed E-state index contributed by atoms with van der Waals surface area (Å²) in [4.78, 5) is 36.0. The van der Waals surface area contributed by atoms with Gasteiger partial charge in [-0.15, -0.1) is 0 Å². The van der Waals surface area contributed by atoms with Crippen molar-refractivity contribution >= 4 is 17.3 Å². The van der Waals surface area contributed by atoms with Crippen LogP contribution in [0.15, 0.2) is 11.3 Å². The second-order valence-corrected chi connectivity index (χ2v) is 5.32. The molecule has 0 aromatic rings. The van der Waals surface area contributed by atoms with Gasteiger partial charge in [-0.3, -0.25) is 14.4 Å². The summed E-state index contributed by atoms with van der Waals surface area (Å²) in [6.07, 6.45) is 0. The topological polar surface area (TPSA) is 71.4 Å². The van der Waals surface area contributed by atoms with E-state index in [4.69, 9.17) is 0 Å². The lowest BCUT2D eigenvalue weighted by molar-refractivity contribution is -0.145. The average molecular weight is 238 g/mol. The van der Waals surface area contributed by atoms with Crippen molar-refractivity contribution in [1.29, 1.82) is 0 Å². The smallest absolute Gasteiger partial charge is 0.179 e. The van der Waals surface area contributed by atoms with Gasteiger partial charge in [0.1, 0.15) is 11.7 Å². The van der Waals surface area contributed by atoms with Crippen molar-refractivity contribution in [1.82, 2.24) is 0 Å². The van der Waals surface area contributed by atoms with Crippen LogP contribution in [0.4, 0.5) is 0 Å². The Morgan fingerprint density at radius 1 is 1.29 bits per heavy atom. The Balaban J connectivity index is 3.34. The monoisotopic (exact) mass is 238 g/mol. The van der Waals surface area contributed by atoms with Crippen LogP contribution in [0.3, 0.4) is 0 Å². The highest BCUT2D eigenvalue weighted by molar-refractivity contribution is 6.27. The van der Waals surface area contributed by atoms with Crippen LogP contribution in [0, 0.1) is 17.3 Å². The van der Waals surface area contributed by atoms with E-state index in [1.807, 2.05) is 0 Å². The first-order valence-electron chi connectivity index (χ1n) is 5.65. The van der Waals surface area contributed by atoms with Gasteiger partial charge in [0.25, 0.3) is 0 Å². The maximum absolute atomic E-state index is 12.1. The van der Waals surface area contributed by atoms with E-state index in [1.165, 1.54) is 20.8 Å². The molecule has 1 atom stereocenters. The van der Waals surface area contributed by atoms with E-state index in [0.29, 0.717) is 0 Å². The SMILES string of the molecule is CC1=C(O)C(C)(C)C(=O)C(C(=O)C(C)C)C1=O. The molecule has 4 nitrogen and oxygen atoms in total. The van der Waals surface area contributed by atoms with Gasteiger partial charge in [0.2, 0.25) is 0 Å². The number of ketones is 3. The fraction of sp³-hybridized carbons (Fsp3) is 0.615. The fourth-order valence-electron chi connectivity index (χ4n) is 1.99. The van der Waals surface area contributed by atoms with Crippen molar-refractivity contribution in [2.75, 3.05) is 0 Å². The molecule has 94 valence electrons. The highest BCUT2D eigenvalue weighted by atomic mass is 16.3. The zero-order valence-electron chi connectivity index (χ0n) is 10.8. The standard InChI is InChI=1S/C13H18O4/c1-6(2)9(14)8-10(15)7(3)11(16)13(4,5)12(8)17/h6,8,16H,1-5H3. The zero-order valence-corrected chi connectivity index (χ0v) is 10.8. The molecule has 4 heteroatoms. The van der Waals surface area contributed by atoms with Crippen LogP contribution in [0.25, 0.3) is 0 Å². The molecular weight excluding hydrogens is 220 g/mol. The summed E-state index contributed by atoms with van der Waals surface area (Å²) in [5.74, 6) is -3.30. The highest BCUT2D eigenvalue weighted by Gasteiger charge is 2.50. The Kier molecular flexibility index (Phi) is 3.28. The second-order valence-electron chi connectivity index (χ2n) is 5.32. The second kappa shape index (κ2) is 4.09. The summed E-state index contributed by atoms with van der Waals surface area (Å²) in [6.45, 7) is 7.82. The number of hydrogen-bond acceptors (Lipinski definition) is 4. The Hall–Kier alpha value is -1.45. The van der Waals surface area contributed by atoms with Gasteiger partial charge < -0.3 is 5.11 Å². The maximum atomic E-state index is 12.1. The molecule has 1 unspecified atom stereocenters. The number of carbonyl (C=O) groups excluding carboxylic acids is 3. The number of aliphatic hydroxyl groups excluding tert-OH is 1. The third kappa shape index (κ3) is 1.92. The Bertz CT molecular complexity index is 427. The molecule has 0 bridgehead atoms. The minimum absolute atomic E-state index is 0.119. The number of hydrogen-bond donors (Lipinski definition) is 1. The summed E-state index contributed by atoms with van der Waals surface area (Å²) in [5, 5.41) is 9.81. The van der Waals surface area contributed by atoms with Crippen LogP contribution in [0.5, 0.6) is 0 Å². The lowest BCUT2D eigenvalue weighted by Gasteiger charge is -2.32. The molecule has 1 aliphatic rings. The highest BCUT2D eigenvalue weighted by Crippen LogP contribution is 2.37. The van der Waals surface area contributed by atoms with Gasteiger partial charge >= 0.3 is 0 Å². The predicted octanol–water partition coefficient (Wildman–Crippen LogP) is 1.84. The van der Waals surface area contributed by atoms with Crippen LogP contribution < -0.4 is 0 Å². The minimum atomic E-state index is -1.25. The Morgan fingerprint density at radius 2 is 1.76 bits per heavy atom. The van der Waals surface area contributed by atoms with Gasteiger partial charge in [-0.05, 0) is 20.8 Å². The number of Topliss-reactive ketones (excluding diaryl/α,β-unsaturated/α-hetero) is 3. The van der Waals surface area contributed by atoms with Gasteiger partial charge in [0, 0.05) is 11.5 Å². The lowest BCUT2D eigenvalue weighted by atomic mass is 9.68. The van der Waals surface area contributed by atoms with E-state index in [9.17, 15) is 19.5 Å². The summed E-state index contributed by atoms with van der Waals surface area (Å²) in [7, 11) is 0. The van der Waals surface area contributed by atoms with E-state index in [0.717, 1.165) is 0 Å². The summed E-state index contributed by atoms with van der Waals surface area (Å²) in [5.41, 5.74) is -1.04. The number of aliphatic hydroxyl groups is 1. The van der Waals surface area contributed by atoms with Gasteiger partial charge in [0.05, 0.1) is 5.41 Å². The summed E-state index contributed by atoms with van der Waals surface area (Å²) >= 11 is 0. The van der Waals surface area contributed by atoms with Crippen molar-refractivity contribution < 1.29 is 19.5 Å². The molecular formula is C13H18O4. The lowest BCUT2D eigenvalue weighted by Crippen LogP contribution is -2.47. The van der Waals surface area contributed by atoms with Crippen molar-refractivity contribution in [3.8, 4) is 0 Å². The van der Waals surface area contributed by atoms with E-state index < -0.39 is 22.9 Å². The first-order chi connectivity index (χ1) is 7.62. The molecule has 17 heavy (non-hydrogen) atoms. The summed E-state index contributed by atoms with van der Waals surface area (Å²) in [6, 6.07) is 0. The van der Waals surface area contributed by atoms with E-state index in [-0.39, 0.29) is 23.0 Å². The van der Waals surface area contributed by atoms with Gasteiger partial charge in [-0.2, -0.15) is 0 Å². The molecule has 0 fully saturated rings. The number of rotatable bonds is 2. The molecule has 0 amide bonds. The number of allylic oxidation sites excluding steroid dienone is 2. The molecule has 1 aliphatic carbocycles.